The number of halogens is 3. The fraction of sp³-hybridized carbons (Fsp3) is 0.533. The lowest BCUT2D eigenvalue weighted by molar-refractivity contribution is -0.140. The molecule has 3 nitrogen and oxygen atoms in total. The van der Waals surface area contributed by atoms with Gasteiger partial charge in [0, 0.05) is 25.6 Å². The number of hydrogen-bond acceptors (Lipinski definition) is 2. The van der Waals surface area contributed by atoms with Crippen molar-refractivity contribution in [2.24, 2.45) is 0 Å². The molecule has 2 saturated heterocycles. The average molecular weight is 299 g/mol. The lowest BCUT2D eigenvalue weighted by Crippen LogP contribution is -2.39. The summed E-state index contributed by atoms with van der Waals surface area (Å²) >= 11 is 0. The third kappa shape index (κ3) is 2.77. The molecule has 2 atom stereocenters. The number of ether oxygens (including phenoxy) is 1. The minimum Gasteiger partial charge on any atom is -0.368 e. The third-order valence-corrected chi connectivity index (χ3v) is 4.12. The molecule has 0 bridgehead atoms. The van der Waals surface area contributed by atoms with Gasteiger partial charge < -0.3 is 9.64 Å². The van der Waals surface area contributed by atoms with Gasteiger partial charge in [-0.05, 0) is 30.5 Å². The van der Waals surface area contributed by atoms with Crippen LogP contribution in [0.4, 0.5) is 13.2 Å². The molecule has 1 aromatic rings. The molecular weight excluding hydrogens is 283 g/mol. The molecule has 0 N–H and O–H groups in total. The normalized spacial score (nSPS) is 29.1. The minimum atomic E-state index is -1.91. The Morgan fingerprint density at radius 2 is 2.00 bits per heavy atom. The van der Waals surface area contributed by atoms with Crippen LogP contribution in [-0.2, 0) is 15.2 Å². The molecule has 2 heterocycles. The fourth-order valence-corrected chi connectivity index (χ4v) is 2.99. The van der Waals surface area contributed by atoms with Crippen LogP contribution in [0, 0.1) is 11.6 Å². The Labute approximate surface area is 120 Å². The van der Waals surface area contributed by atoms with Gasteiger partial charge >= 0.3 is 0 Å². The summed E-state index contributed by atoms with van der Waals surface area (Å²) in [4.78, 5) is 13.6. The average Bonchev–Trinajstić information content (AvgIpc) is 3.07. The van der Waals surface area contributed by atoms with Gasteiger partial charge in [-0.25, -0.2) is 13.2 Å². The molecule has 2 fully saturated rings. The largest absolute Gasteiger partial charge is 0.368 e. The standard InChI is InChI=1S/C15H16F3NO2/c16-11-6-10(7-12(17)8-11)15(18)3-4-19(9-15)14(20)13-2-1-5-21-13/h6-8,13H,1-5,9H2/t13-,15+/m0/s1. The zero-order valence-electron chi connectivity index (χ0n) is 11.4. The molecule has 0 unspecified atom stereocenters. The van der Waals surface area contributed by atoms with Crippen molar-refractivity contribution in [3.05, 3.63) is 35.4 Å². The van der Waals surface area contributed by atoms with Crippen LogP contribution in [-0.4, -0.2) is 36.6 Å². The van der Waals surface area contributed by atoms with E-state index in [2.05, 4.69) is 0 Å². The van der Waals surface area contributed by atoms with Crippen LogP contribution < -0.4 is 0 Å². The van der Waals surface area contributed by atoms with E-state index >= 15 is 0 Å². The van der Waals surface area contributed by atoms with Gasteiger partial charge in [0.15, 0.2) is 5.67 Å². The number of alkyl halides is 1. The van der Waals surface area contributed by atoms with Crippen LogP contribution >= 0.6 is 0 Å². The second-order valence-electron chi connectivity index (χ2n) is 5.63. The molecule has 6 heteroatoms. The van der Waals surface area contributed by atoms with E-state index in [1.165, 1.54) is 4.90 Å². The topological polar surface area (TPSA) is 29.5 Å². The monoisotopic (exact) mass is 299 g/mol. The molecule has 0 radical (unpaired) electrons. The minimum absolute atomic E-state index is 0.0361. The van der Waals surface area contributed by atoms with Crippen LogP contribution in [0.1, 0.15) is 24.8 Å². The van der Waals surface area contributed by atoms with Gasteiger partial charge in [-0.2, -0.15) is 0 Å². The maximum Gasteiger partial charge on any atom is 0.251 e. The molecular formula is C15H16F3NO2. The van der Waals surface area contributed by atoms with Gasteiger partial charge in [0.05, 0.1) is 6.54 Å². The van der Waals surface area contributed by atoms with Crippen molar-refractivity contribution >= 4 is 5.91 Å². The van der Waals surface area contributed by atoms with Crippen molar-refractivity contribution in [3.63, 3.8) is 0 Å². The zero-order valence-corrected chi connectivity index (χ0v) is 11.4. The van der Waals surface area contributed by atoms with Crippen molar-refractivity contribution in [3.8, 4) is 0 Å². The molecule has 0 spiro atoms. The number of amides is 1. The number of rotatable bonds is 2. The van der Waals surface area contributed by atoms with Crippen molar-refractivity contribution < 1.29 is 22.7 Å². The maximum absolute atomic E-state index is 14.9. The van der Waals surface area contributed by atoms with E-state index in [4.69, 9.17) is 4.74 Å². The lowest BCUT2D eigenvalue weighted by atomic mass is 9.95. The van der Waals surface area contributed by atoms with Gasteiger partial charge in [-0.15, -0.1) is 0 Å². The lowest BCUT2D eigenvalue weighted by Gasteiger charge is -2.23. The SMILES string of the molecule is O=C([C@@H]1CCCO1)N1CC[C@](F)(c2cc(F)cc(F)c2)C1. The first-order valence-corrected chi connectivity index (χ1v) is 7.04. The summed E-state index contributed by atoms with van der Waals surface area (Å²) < 4.78 is 46.7. The number of nitrogens with zero attached hydrogens (tertiary/aromatic N) is 1. The number of carbonyl (C=O) groups is 1. The zero-order chi connectivity index (χ0) is 15.0. The molecule has 3 rings (SSSR count). The molecule has 1 aromatic carbocycles. The van der Waals surface area contributed by atoms with Gasteiger partial charge in [0.2, 0.25) is 0 Å². The predicted octanol–water partition coefficient (Wildman–Crippen LogP) is 2.54. The highest BCUT2D eigenvalue weighted by molar-refractivity contribution is 5.81. The van der Waals surface area contributed by atoms with Crippen LogP contribution in [0.2, 0.25) is 0 Å². The molecule has 0 aromatic heterocycles. The molecule has 0 saturated carbocycles. The number of hydrogen-bond donors (Lipinski definition) is 0. The Morgan fingerprint density at radius 1 is 1.29 bits per heavy atom. The second-order valence-corrected chi connectivity index (χ2v) is 5.63. The van der Waals surface area contributed by atoms with Gasteiger partial charge in [-0.1, -0.05) is 0 Å². The summed E-state index contributed by atoms with van der Waals surface area (Å²) in [6, 6.07) is 2.68. The van der Waals surface area contributed by atoms with Crippen LogP contribution in [0.3, 0.4) is 0 Å². The summed E-state index contributed by atoms with van der Waals surface area (Å²) in [6.07, 6.45) is 0.995. The summed E-state index contributed by atoms with van der Waals surface area (Å²) in [6.45, 7) is 0.585. The maximum atomic E-state index is 14.9. The summed E-state index contributed by atoms with van der Waals surface area (Å²) in [7, 11) is 0. The molecule has 2 aliphatic rings. The summed E-state index contributed by atoms with van der Waals surface area (Å²) in [5.74, 6) is -1.86. The summed E-state index contributed by atoms with van der Waals surface area (Å²) in [5.41, 5.74) is -1.96. The smallest absolute Gasteiger partial charge is 0.251 e. The number of carbonyl (C=O) groups excluding carboxylic acids is 1. The van der Waals surface area contributed by atoms with Crippen LogP contribution in [0.5, 0.6) is 0 Å². The molecule has 1 amide bonds. The highest BCUT2D eigenvalue weighted by Crippen LogP contribution is 2.37. The van der Waals surface area contributed by atoms with Crippen molar-refractivity contribution in [2.75, 3.05) is 19.7 Å². The highest BCUT2D eigenvalue weighted by atomic mass is 19.1. The Morgan fingerprint density at radius 3 is 2.62 bits per heavy atom. The first kappa shape index (κ1) is 14.4. The Kier molecular flexibility index (Phi) is 3.65. The van der Waals surface area contributed by atoms with Crippen molar-refractivity contribution in [1.82, 2.24) is 4.90 Å². The fourth-order valence-electron chi connectivity index (χ4n) is 2.99. The first-order chi connectivity index (χ1) is 9.98. The highest BCUT2D eigenvalue weighted by Gasteiger charge is 2.44. The van der Waals surface area contributed by atoms with Crippen LogP contribution in [0.25, 0.3) is 0 Å². The van der Waals surface area contributed by atoms with E-state index in [0.29, 0.717) is 19.1 Å². The molecule has 21 heavy (non-hydrogen) atoms. The summed E-state index contributed by atoms with van der Waals surface area (Å²) in [5, 5.41) is 0. The quantitative estimate of drug-likeness (QED) is 0.840. The van der Waals surface area contributed by atoms with E-state index < -0.39 is 23.4 Å². The van der Waals surface area contributed by atoms with E-state index in [-0.39, 0.29) is 31.0 Å². The van der Waals surface area contributed by atoms with Crippen LogP contribution in [0.15, 0.2) is 18.2 Å². The molecule has 2 aliphatic heterocycles. The number of likely N-dealkylation sites (tertiary alicyclic amines) is 1. The van der Waals surface area contributed by atoms with Crippen molar-refractivity contribution in [2.45, 2.75) is 31.0 Å². The Bertz CT molecular complexity index is 540. The Balaban J connectivity index is 1.76. The first-order valence-electron chi connectivity index (χ1n) is 7.04. The van der Waals surface area contributed by atoms with E-state index in [0.717, 1.165) is 18.6 Å². The third-order valence-electron chi connectivity index (χ3n) is 4.12. The predicted molar refractivity (Wildman–Crippen MR) is 69.3 cm³/mol. The van der Waals surface area contributed by atoms with E-state index in [1.54, 1.807) is 0 Å². The Hall–Kier alpha value is -1.56. The van der Waals surface area contributed by atoms with E-state index in [9.17, 15) is 18.0 Å². The van der Waals surface area contributed by atoms with E-state index in [1.807, 2.05) is 0 Å². The second kappa shape index (κ2) is 5.33. The molecule has 0 aliphatic carbocycles. The number of benzene rings is 1. The van der Waals surface area contributed by atoms with Gasteiger partial charge in [0.25, 0.3) is 5.91 Å². The van der Waals surface area contributed by atoms with Gasteiger partial charge in [-0.3, -0.25) is 4.79 Å². The molecule has 114 valence electrons. The van der Waals surface area contributed by atoms with Crippen molar-refractivity contribution in [1.29, 1.82) is 0 Å². The van der Waals surface area contributed by atoms with Gasteiger partial charge in [0.1, 0.15) is 17.7 Å².